The number of aliphatic hydroxyl groups is 1. The van der Waals surface area contributed by atoms with Crippen LogP contribution in [0.3, 0.4) is 0 Å². The van der Waals surface area contributed by atoms with Gasteiger partial charge in [0.05, 0.1) is 6.61 Å². The quantitative estimate of drug-likeness (QED) is 0.408. The van der Waals surface area contributed by atoms with Gasteiger partial charge in [-0.2, -0.15) is 0 Å². The molecule has 0 saturated carbocycles. The largest absolute Gasteiger partial charge is 0.395 e. The van der Waals surface area contributed by atoms with Gasteiger partial charge in [0.25, 0.3) is 0 Å². The fraction of sp³-hybridized carbons (Fsp3) is 0.385. The number of rotatable bonds is 3. The van der Waals surface area contributed by atoms with Crippen LogP contribution in [0.2, 0.25) is 0 Å². The van der Waals surface area contributed by atoms with E-state index in [2.05, 4.69) is 82.3 Å². The molecule has 1 heteroatoms. The predicted octanol–water partition coefficient (Wildman–Crippen LogP) is 6.69. The minimum Gasteiger partial charge on any atom is -0.395 e. The summed E-state index contributed by atoms with van der Waals surface area (Å²) in [4.78, 5) is 0. The van der Waals surface area contributed by atoms with Gasteiger partial charge in [-0.05, 0) is 64.3 Å². The van der Waals surface area contributed by atoms with Gasteiger partial charge in [0.1, 0.15) is 0 Å². The maximum atomic E-state index is 10.2. The Balaban J connectivity index is 2.08. The maximum Gasteiger partial charge on any atom is 0.0519 e. The third-order valence-electron chi connectivity index (χ3n) is 6.58. The summed E-state index contributed by atoms with van der Waals surface area (Å²) in [6, 6.07) is 17.7. The molecule has 0 bridgehead atoms. The van der Waals surface area contributed by atoms with E-state index < -0.39 is 0 Å². The molecule has 0 spiro atoms. The van der Waals surface area contributed by atoms with Crippen LogP contribution in [-0.4, -0.2) is 11.7 Å². The molecule has 2 unspecified atom stereocenters. The molecule has 1 aliphatic rings. The van der Waals surface area contributed by atoms with Gasteiger partial charge in [0, 0.05) is 5.41 Å². The van der Waals surface area contributed by atoms with E-state index >= 15 is 0 Å². The second-order valence-corrected chi connectivity index (χ2v) is 8.97. The first-order valence-electron chi connectivity index (χ1n) is 10.1. The average Bonchev–Trinajstić information content (AvgIpc) is 2.67. The Morgan fingerprint density at radius 3 is 1.89 bits per heavy atom. The number of hydrogen-bond acceptors (Lipinski definition) is 1. The van der Waals surface area contributed by atoms with Gasteiger partial charge in [0.15, 0.2) is 0 Å². The number of hydrogen-bond donors (Lipinski definition) is 1. The highest BCUT2D eigenvalue weighted by Gasteiger charge is 2.41. The van der Waals surface area contributed by atoms with Crippen LogP contribution in [0.5, 0.6) is 0 Å². The van der Waals surface area contributed by atoms with Gasteiger partial charge in [-0.1, -0.05) is 81.0 Å². The molecule has 0 fully saturated rings. The zero-order valence-corrected chi connectivity index (χ0v) is 17.0. The lowest BCUT2D eigenvalue weighted by atomic mass is 9.60. The zero-order valence-electron chi connectivity index (χ0n) is 17.0. The molecule has 0 aromatic heterocycles. The van der Waals surface area contributed by atoms with Crippen molar-refractivity contribution in [2.24, 2.45) is 5.41 Å². The fourth-order valence-corrected chi connectivity index (χ4v) is 5.55. The van der Waals surface area contributed by atoms with Gasteiger partial charge in [-0.3, -0.25) is 0 Å². The van der Waals surface area contributed by atoms with Crippen molar-refractivity contribution in [2.75, 3.05) is 6.61 Å². The van der Waals surface area contributed by atoms with Crippen LogP contribution >= 0.6 is 0 Å². The summed E-state index contributed by atoms with van der Waals surface area (Å²) in [5, 5.41) is 15.6. The van der Waals surface area contributed by atoms with Gasteiger partial charge in [0.2, 0.25) is 0 Å². The molecule has 0 radical (unpaired) electrons. The lowest BCUT2D eigenvalue weighted by Crippen LogP contribution is -2.37. The second-order valence-electron chi connectivity index (χ2n) is 8.97. The Hall–Kier alpha value is -2.12. The van der Waals surface area contributed by atoms with Crippen LogP contribution in [0.4, 0.5) is 0 Å². The molecule has 27 heavy (non-hydrogen) atoms. The van der Waals surface area contributed by atoms with E-state index in [1.807, 2.05) is 0 Å². The highest BCUT2D eigenvalue weighted by atomic mass is 16.3. The minimum absolute atomic E-state index is 0.00444. The van der Waals surface area contributed by atoms with Crippen molar-refractivity contribution in [1.82, 2.24) is 0 Å². The molecular formula is C26H30O. The molecular weight excluding hydrogens is 328 g/mol. The SMILES string of the molecule is CCC1=CC(C)(CO)CC(C)(c2c3ccccc3c(C)c3ccccc23)C1. The molecule has 1 aliphatic carbocycles. The highest BCUT2D eigenvalue weighted by Crippen LogP contribution is 2.51. The fourth-order valence-electron chi connectivity index (χ4n) is 5.55. The lowest BCUT2D eigenvalue weighted by Gasteiger charge is -2.44. The molecule has 0 aliphatic heterocycles. The number of allylic oxidation sites excluding steroid dienone is 1. The van der Waals surface area contributed by atoms with Crippen LogP contribution in [0.15, 0.2) is 60.2 Å². The van der Waals surface area contributed by atoms with Crippen LogP contribution in [0, 0.1) is 12.3 Å². The van der Waals surface area contributed by atoms with Crippen molar-refractivity contribution >= 4 is 21.5 Å². The van der Waals surface area contributed by atoms with Crippen LogP contribution in [0.1, 0.15) is 51.2 Å². The second kappa shape index (κ2) is 6.49. The number of aryl methyl sites for hydroxylation is 1. The normalized spacial score (nSPS) is 25.7. The third kappa shape index (κ3) is 2.89. The van der Waals surface area contributed by atoms with E-state index in [-0.39, 0.29) is 17.4 Å². The monoisotopic (exact) mass is 358 g/mol. The van der Waals surface area contributed by atoms with Crippen LogP contribution < -0.4 is 0 Å². The Labute approximate surface area is 162 Å². The van der Waals surface area contributed by atoms with E-state index in [9.17, 15) is 5.11 Å². The molecule has 3 aromatic carbocycles. The van der Waals surface area contributed by atoms with Crippen LogP contribution in [-0.2, 0) is 5.41 Å². The first-order valence-corrected chi connectivity index (χ1v) is 10.1. The van der Waals surface area contributed by atoms with E-state index in [0.29, 0.717) is 0 Å². The van der Waals surface area contributed by atoms with Crippen molar-refractivity contribution in [1.29, 1.82) is 0 Å². The zero-order chi connectivity index (χ0) is 19.2. The molecule has 2 atom stereocenters. The summed E-state index contributed by atoms with van der Waals surface area (Å²) in [6.45, 7) is 9.30. The highest BCUT2D eigenvalue weighted by molar-refractivity contribution is 6.06. The van der Waals surface area contributed by atoms with E-state index in [4.69, 9.17) is 0 Å². The van der Waals surface area contributed by atoms with Gasteiger partial charge >= 0.3 is 0 Å². The average molecular weight is 359 g/mol. The minimum atomic E-state index is -0.161. The summed E-state index contributed by atoms with van der Waals surface area (Å²) < 4.78 is 0. The van der Waals surface area contributed by atoms with E-state index in [1.54, 1.807) is 0 Å². The summed E-state index contributed by atoms with van der Waals surface area (Å²) in [5.41, 5.74) is 4.13. The van der Waals surface area contributed by atoms with Crippen molar-refractivity contribution in [3.8, 4) is 0 Å². The van der Waals surface area contributed by atoms with Crippen LogP contribution in [0.25, 0.3) is 21.5 Å². The van der Waals surface area contributed by atoms with Crippen molar-refractivity contribution in [2.45, 2.75) is 52.4 Å². The molecule has 4 rings (SSSR count). The summed E-state index contributed by atoms with van der Waals surface area (Å²) in [6.07, 6.45) is 5.42. The third-order valence-corrected chi connectivity index (χ3v) is 6.58. The maximum absolute atomic E-state index is 10.2. The number of fused-ring (bicyclic) bond motifs is 2. The predicted molar refractivity (Wildman–Crippen MR) is 116 cm³/mol. The molecule has 0 saturated heterocycles. The topological polar surface area (TPSA) is 20.2 Å². The lowest BCUT2D eigenvalue weighted by molar-refractivity contribution is 0.137. The molecule has 1 nitrogen and oxygen atoms in total. The summed E-state index contributed by atoms with van der Waals surface area (Å²) >= 11 is 0. The summed E-state index contributed by atoms with van der Waals surface area (Å²) in [7, 11) is 0. The van der Waals surface area contributed by atoms with Crippen molar-refractivity contribution < 1.29 is 5.11 Å². The standard InChI is InChI=1S/C26H30O/c1-5-19-14-25(3,17-27)16-26(4,15-19)24-22-12-8-6-10-20(22)18(2)21-11-7-9-13-23(21)24/h6-14,27H,5,15-17H2,1-4H3. The molecule has 0 heterocycles. The number of benzene rings is 3. The molecule has 0 amide bonds. The van der Waals surface area contributed by atoms with E-state index in [0.717, 1.165) is 19.3 Å². The summed E-state index contributed by atoms with van der Waals surface area (Å²) in [5.74, 6) is 0. The van der Waals surface area contributed by atoms with Gasteiger partial charge in [-0.25, -0.2) is 0 Å². The first kappa shape index (κ1) is 18.3. The van der Waals surface area contributed by atoms with Crippen molar-refractivity contribution in [3.63, 3.8) is 0 Å². The molecule has 3 aromatic rings. The molecule has 1 N–H and O–H groups in total. The van der Waals surface area contributed by atoms with Crippen molar-refractivity contribution in [3.05, 3.63) is 71.3 Å². The van der Waals surface area contributed by atoms with Gasteiger partial charge < -0.3 is 5.11 Å². The Morgan fingerprint density at radius 1 is 0.889 bits per heavy atom. The van der Waals surface area contributed by atoms with Gasteiger partial charge in [-0.15, -0.1) is 0 Å². The first-order chi connectivity index (χ1) is 12.9. The Kier molecular flexibility index (Phi) is 4.39. The Bertz CT molecular complexity index is 988. The number of aliphatic hydroxyl groups excluding tert-OH is 1. The molecule has 140 valence electrons. The Morgan fingerprint density at radius 2 is 1.41 bits per heavy atom. The van der Waals surface area contributed by atoms with E-state index in [1.165, 1.54) is 38.2 Å². The smallest absolute Gasteiger partial charge is 0.0519 e.